The topological polar surface area (TPSA) is 56.8 Å². The van der Waals surface area contributed by atoms with E-state index in [0.717, 1.165) is 41.9 Å². The highest BCUT2D eigenvalue weighted by Gasteiger charge is 2.20. The molecule has 1 amide bonds. The van der Waals surface area contributed by atoms with Crippen molar-refractivity contribution >= 4 is 6.09 Å². The van der Waals surface area contributed by atoms with Crippen molar-refractivity contribution in [3.05, 3.63) is 23.3 Å². The second-order valence-corrected chi connectivity index (χ2v) is 7.18. The van der Waals surface area contributed by atoms with E-state index in [1.165, 1.54) is 0 Å². The normalized spacial score (nSPS) is 12.4. The van der Waals surface area contributed by atoms with Crippen molar-refractivity contribution in [2.75, 3.05) is 14.2 Å². The van der Waals surface area contributed by atoms with Crippen LogP contribution in [0.15, 0.2) is 12.1 Å². The van der Waals surface area contributed by atoms with Crippen LogP contribution in [0.2, 0.25) is 0 Å². The SMILES string of the molecule is CCCc1cc(OC)c(CC(CC)NC(=O)OC(C)(C)C)cc1OC. The molecule has 25 heavy (non-hydrogen) atoms. The second-order valence-electron chi connectivity index (χ2n) is 7.18. The molecule has 5 heteroatoms. The molecule has 1 unspecified atom stereocenters. The standard InChI is InChI=1S/C20H33NO4/c1-8-10-14-12-18(24-7)15(13-17(14)23-6)11-16(9-2)21-19(22)25-20(3,4)5/h12-13,16H,8-11H2,1-7H3,(H,21,22). The molecule has 0 aliphatic rings. The fourth-order valence-electron chi connectivity index (χ4n) is 2.69. The number of alkyl carbamates (subject to hydrolysis) is 1. The Morgan fingerprint density at radius 3 is 2.12 bits per heavy atom. The van der Waals surface area contributed by atoms with E-state index in [1.807, 2.05) is 39.8 Å². The zero-order chi connectivity index (χ0) is 19.0. The van der Waals surface area contributed by atoms with Crippen molar-refractivity contribution in [1.29, 1.82) is 0 Å². The summed E-state index contributed by atoms with van der Waals surface area (Å²) in [6, 6.07) is 4.02. The number of aryl methyl sites for hydroxylation is 1. The van der Waals surface area contributed by atoms with Gasteiger partial charge in [0.05, 0.1) is 14.2 Å². The molecule has 0 bridgehead atoms. The van der Waals surface area contributed by atoms with E-state index in [2.05, 4.69) is 12.2 Å². The van der Waals surface area contributed by atoms with Crippen molar-refractivity contribution in [2.24, 2.45) is 0 Å². The van der Waals surface area contributed by atoms with Crippen LogP contribution >= 0.6 is 0 Å². The van der Waals surface area contributed by atoms with Crippen LogP contribution in [0.4, 0.5) is 4.79 Å². The lowest BCUT2D eigenvalue weighted by molar-refractivity contribution is 0.0502. The minimum atomic E-state index is -0.509. The molecule has 1 aromatic carbocycles. The quantitative estimate of drug-likeness (QED) is 0.749. The molecule has 0 aromatic heterocycles. The largest absolute Gasteiger partial charge is 0.496 e. The lowest BCUT2D eigenvalue weighted by Crippen LogP contribution is -2.40. The Morgan fingerprint density at radius 2 is 1.64 bits per heavy atom. The maximum atomic E-state index is 12.0. The lowest BCUT2D eigenvalue weighted by atomic mass is 9.99. The van der Waals surface area contributed by atoms with Gasteiger partial charge in [0.2, 0.25) is 0 Å². The summed E-state index contributed by atoms with van der Waals surface area (Å²) in [5, 5.41) is 2.94. The summed E-state index contributed by atoms with van der Waals surface area (Å²) in [4.78, 5) is 12.0. The molecule has 1 aromatic rings. The molecular weight excluding hydrogens is 318 g/mol. The van der Waals surface area contributed by atoms with Gasteiger partial charge in [-0.1, -0.05) is 20.3 Å². The fraction of sp³-hybridized carbons (Fsp3) is 0.650. The molecule has 1 atom stereocenters. The molecule has 0 spiro atoms. The van der Waals surface area contributed by atoms with Crippen molar-refractivity contribution in [3.8, 4) is 11.5 Å². The monoisotopic (exact) mass is 351 g/mol. The number of methoxy groups -OCH3 is 2. The number of benzene rings is 1. The van der Waals surface area contributed by atoms with Crippen molar-refractivity contribution in [3.63, 3.8) is 0 Å². The van der Waals surface area contributed by atoms with Gasteiger partial charge in [-0.05, 0) is 63.3 Å². The Labute approximate surface area is 152 Å². The number of amides is 1. The van der Waals surface area contributed by atoms with Crippen LogP contribution in [0.1, 0.15) is 58.6 Å². The minimum Gasteiger partial charge on any atom is -0.496 e. The molecule has 0 saturated carbocycles. The Kier molecular flexibility index (Phi) is 8.07. The van der Waals surface area contributed by atoms with E-state index in [0.29, 0.717) is 6.42 Å². The molecule has 0 saturated heterocycles. The Bertz CT molecular complexity index is 564. The lowest BCUT2D eigenvalue weighted by Gasteiger charge is -2.24. The predicted octanol–water partition coefficient (Wildman–Crippen LogP) is 4.50. The highest BCUT2D eigenvalue weighted by atomic mass is 16.6. The Balaban J connectivity index is 2.96. The first-order valence-electron chi connectivity index (χ1n) is 8.97. The van der Waals surface area contributed by atoms with E-state index >= 15 is 0 Å². The zero-order valence-corrected chi connectivity index (χ0v) is 16.7. The summed E-state index contributed by atoms with van der Waals surface area (Å²) < 4.78 is 16.5. The van der Waals surface area contributed by atoms with Crippen LogP contribution in [-0.4, -0.2) is 32.0 Å². The molecular formula is C20H33NO4. The number of nitrogens with one attached hydrogen (secondary N) is 1. The number of ether oxygens (including phenoxy) is 3. The number of carbonyl (C=O) groups excluding carboxylic acids is 1. The summed E-state index contributed by atoms with van der Waals surface area (Å²) in [6.45, 7) is 9.74. The summed E-state index contributed by atoms with van der Waals surface area (Å²) in [5.74, 6) is 1.69. The molecule has 1 rings (SSSR count). The third-order valence-electron chi connectivity index (χ3n) is 3.88. The third kappa shape index (κ3) is 6.85. The van der Waals surface area contributed by atoms with Crippen molar-refractivity contribution < 1.29 is 19.0 Å². The van der Waals surface area contributed by atoms with Gasteiger partial charge >= 0.3 is 6.09 Å². The molecule has 0 radical (unpaired) electrons. The Hall–Kier alpha value is -1.91. The summed E-state index contributed by atoms with van der Waals surface area (Å²) >= 11 is 0. The van der Waals surface area contributed by atoms with Gasteiger partial charge in [0.25, 0.3) is 0 Å². The molecule has 0 aliphatic carbocycles. The minimum absolute atomic E-state index is 0.0366. The molecule has 0 heterocycles. The van der Waals surface area contributed by atoms with Gasteiger partial charge in [-0.2, -0.15) is 0 Å². The average molecular weight is 351 g/mol. The van der Waals surface area contributed by atoms with Gasteiger partial charge in [0.15, 0.2) is 0 Å². The number of rotatable bonds is 8. The average Bonchev–Trinajstić information content (AvgIpc) is 2.53. The second kappa shape index (κ2) is 9.54. The third-order valence-corrected chi connectivity index (χ3v) is 3.88. The molecule has 5 nitrogen and oxygen atoms in total. The smallest absolute Gasteiger partial charge is 0.407 e. The maximum Gasteiger partial charge on any atom is 0.407 e. The fourth-order valence-corrected chi connectivity index (χ4v) is 2.69. The molecule has 1 N–H and O–H groups in total. The first kappa shape index (κ1) is 21.1. The van der Waals surface area contributed by atoms with Crippen LogP contribution in [0, 0.1) is 0 Å². The van der Waals surface area contributed by atoms with Crippen LogP contribution in [0.5, 0.6) is 11.5 Å². The number of hydrogen-bond donors (Lipinski definition) is 1. The highest BCUT2D eigenvalue weighted by molar-refractivity contribution is 5.68. The predicted molar refractivity (Wildman–Crippen MR) is 101 cm³/mol. The summed E-state index contributed by atoms with van der Waals surface area (Å²) in [7, 11) is 3.35. The van der Waals surface area contributed by atoms with Crippen LogP contribution in [0.3, 0.4) is 0 Å². The first-order valence-corrected chi connectivity index (χ1v) is 8.97. The van der Waals surface area contributed by atoms with Gasteiger partial charge < -0.3 is 19.5 Å². The summed E-state index contributed by atoms with van der Waals surface area (Å²) in [5.41, 5.74) is 1.64. The van der Waals surface area contributed by atoms with Gasteiger partial charge in [0, 0.05) is 6.04 Å². The van der Waals surface area contributed by atoms with E-state index in [1.54, 1.807) is 14.2 Å². The van der Waals surface area contributed by atoms with Crippen molar-refractivity contribution in [2.45, 2.75) is 71.9 Å². The van der Waals surface area contributed by atoms with E-state index in [9.17, 15) is 4.79 Å². The maximum absolute atomic E-state index is 12.0. The van der Waals surface area contributed by atoms with Gasteiger partial charge in [-0.15, -0.1) is 0 Å². The van der Waals surface area contributed by atoms with Crippen molar-refractivity contribution in [1.82, 2.24) is 5.32 Å². The van der Waals surface area contributed by atoms with Gasteiger partial charge in [-0.25, -0.2) is 4.79 Å². The van der Waals surface area contributed by atoms with Crippen LogP contribution < -0.4 is 14.8 Å². The summed E-state index contributed by atoms with van der Waals surface area (Å²) in [6.07, 6.45) is 3.03. The number of hydrogen-bond acceptors (Lipinski definition) is 4. The number of carbonyl (C=O) groups is 1. The van der Waals surface area contributed by atoms with E-state index < -0.39 is 11.7 Å². The van der Waals surface area contributed by atoms with E-state index in [-0.39, 0.29) is 6.04 Å². The molecule has 0 aliphatic heterocycles. The Morgan fingerprint density at radius 1 is 1.08 bits per heavy atom. The molecule has 0 fully saturated rings. The van der Waals surface area contributed by atoms with Crippen LogP contribution in [0.25, 0.3) is 0 Å². The van der Waals surface area contributed by atoms with Gasteiger partial charge in [-0.3, -0.25) is 0 Å². The van der Waals surface area contributed by atoms with E-state index in [4.69, 9.17) is 14.2 Å². The first-order chi connectivity index (χ1) is 11.7. The van der Waals surface area contributed by atoms with Crippen LogP contribution in [-0.2, 0) is 17.6 Å². The molecule has 142 valence electrons. The zero-order valence-electron chi connectivity index (χ0n) is 16.7. The highest BCUT2D eigenvalue weighted by Crippen LogP contribution is 2.31. The van der Waals surface area contributed by atoms with Gasteiger partial charge in [0.1, 0.15) is 17.1 Å².